The predicted octanol–water partition coefficient (Wildman–Crippen LogP) is 3.22. The van der Waals surface area contributed by atoms with Crippen LogP contribution in [0.25, 0.3) is 10.6 Å². The Hall–Kier alpha value is -2.44. The van der Waals surface area contributed by atoms with Crippen LogP contribution in [0.2, 0.25) is 0 Å². The molecule has 0 aliphatic carbocycles. The van der Waals surface area contributed by atoms with E-state index < -0.39 is 0 Å². The number of aromatic nitrogens is 2. The number of nitrogens with one attached hydrogen (secondary N) is 1. The maximum atomic E-state index is 5.39. The van der Waals surface area contributed by atoms with Crippen LogP contribution in [-0.4, -0.2) is 16.8 Å². The van der Waals surface area contributed by atoms with Crippen molar-refractivity contribution in [1.82, 2.24) is 15.3 Å². The van der Waals surface area contributed by atoms with E-state index in [4.69, 9.17) is 9.47 Å². The van der Waals surface area contributed by atoms with Crippen molar-refractivity contribution in [3.8, 4) is 22.1 Å². The van der Waals surface area contributed by atoms with E-state index in [1.807, 2.05) is 42.6 Å². The second-order valence-corrected chi connectivity index (χ2v) is 6.24. The molecule has 0 spiro atoms. The van der Waals surface area contributed by atoms with Crippen molar-refractivity contribution < 1.29 is 9.47 Å². The van der Waals surface area contributed by atoms with Crippen molar-refractivity contribution in [2.45, 2.75) is 13.1 Å². The molecule has 4 rings (SSSR count). The van der Waals surface area contributed by atoms with Gasteiger partial charge in [0.2, 0.25) is 6.79 Å². The lowest BCUT2D eigenvalue weighted by atomic mass is 10.2. The van der Waals surface area contributed by atoms with E-state index >= 15 is 0 Å². The highest BCUT2D eigenvalue weighted by Crippen LogP contribution is 2.32. The lowest BCUT2D eigenvalue weighted by Crippen LogP contribution is -2.12. The zero-order valence-electron chi connectivity index (χ0n) is 12.4. The minimum Gasteiger partial charge on any atom is -0.454 e. The number of pyridine rings is 1. The van der Waals surface area contributed by atoms with Crippen LogP contribution in [0.4, 0.5) is 0 Å². The molecule has 0 amide bonds. The van der Waals surface area contributed by atoms with Crippen molar-refractivity contribution in [2.75, 3.05) is 6.79 Å². The fraction of sp³-hybridized carbons (Fsp3) is 0.176. The Balaban J connectivity index is 1.36. The first-order chi connectivity index (χ1) is 11.4. The molecule has 1 aliphatic rings. The molecule has 1 N–H and O–H groups in total. The Morgan fingerprint density at radius 2 is 2.00 bits per heavy atom. The minimum atomic E-state index is 0.307. The summed E-state index contributed by atoms with van der Waals surface area (Å²) < 4.78 is 10.7. The third kappa shape index (κ3) is 3.18. The lowest BCUT2D eigenvalue weighted by Gasteiger charge is -2.04. The van der Waals surface area contributed by atoms with Crippen LogP contribution in [0.5, 0.6) is 11.5 Å². The molecule has 5 nitrogen and oxygen atoms in total. The monoisotopic (exact) mass is 325 g/mol. The zero-order chi connectivity index (χ0) is 15.5. The van der Waals surface area contributed by atoms with Gasteiger partial charge in [-0.2, -0.15) is 0 Å². The normalized spacial score (nSPS) is 12.5. The molecule has 1 aliphatic heterocycles. The fourth-order valence-electron chi connectivity index (χ4n) is 2.38. The molecular formula is C17H15N3O2S. The molecule has 0 saturated heterocycles. The van der Waals surface area contributed by atoms with Gasteiger partial charge in [0.15, 0.2) is 11.5 Å². The van der Waals surface area contributed by atoms with Gasteiger partial charge in [-0.25, -0.2) is 4.98 Å². The number of benzene rings is 1. The number of thiazole rings is 1. The summed E-state index contributed by atoms with van der Waals surface area (Å²) in [7, 11) is 0. The Kier molecular flexibility index (Phi) is 3.92. The minimum absolute atomic E-state index is 0.307. The third-order valence-electron chi connectivity index (χ3n) is 3.51. The Morgan fingerprint density at radius 1 is 1.04 bits per heavy atom. The van der Waals surface area contributed by atoms with Gasteiger partial charge in [0, 0.05) is 25.5 Å². The largest absolute Gasteiger partial charge is 0.454 e. The first-order valence-corrected chi connectivity index (χ1v) is 8.15. The molecule has 3 aromatic rings. The Labute approximate surface area is 137 Å². The van der Waals surface area contributed by atoms with Gasteiger partial charge in [-0.05, 0) is 29.8 Å². The highest BCUT2D eigenvalue weighted by atomic mass is 32.1. The van der Waals surface area contributed by atoms with Gasteiger partial charge in [0.25, 0.3) is 0 Å². The molecule has 0 bridgehead atoms. The highest BCUT2D eigenvalue weighted by molar-refractivity contribution is 7.15. The van der Waals surface area contributed by atoms with E-state index in [9.17, 15) is 0 Å². The second kappa shape index (κ2) is 6.36. The van der Waals surface area contributed by atoms with Crippen molar-refractivity contribution in [3.63, 3.8) is 0 Å². The maximum absolute atomic E-state index is 5.39. The van der Waals surface area contributed by atoms with Crippen LogP contribution in [0, 0.1) is 0 Å². The Bertz CT molecular complexity index is 805. The molecule has 3 heterocycles. The first kappa shape index (κ1) is 14.2. The van der Waals surface area contributed by atoms with Gasteiger partial charge < -0.3 is 14.8 Å². The summed E-state index contributed by atoms with van der Waals surface area (Å²) >= 11 is 1.66. The number of rotatable bonds is 5. The molecule has 1 aromatic carbocycles. The zero-order valence-corrected chi connectivity index (χ0v) is 13.2. The smallest absolute Gasteiger partial charge is 0.231 e. The van der Waals surface area contributed by atoms with E-state index in [0.29, 0.717) is 6.79 Å². The molecule has 0 saturated carbocycles. The Morgan fingerprint density at radius 3 is 2.91 bits per heavy atom. The molecule has 116 valence electrons. The summed E-state index contributed by atoms with van der Waals surface area (Å²) in [4.78, 5) is 9.89. The highest BCUT2D eigenvalue weighted by Gasteiger charge is 2.13. The summed E-state index contributed by atoms with van der Waals surface area (Å²) in [6.45, 7) is 1.79. The van der Waals surface area contributed by atoms with E-state index in [1.54, 1.807) is 17.5 Å². The van der Waals surface area contributed by atoms with Crippen molar-refractivity contribution in [1.29, 1.82) is 0 Å². The summed E-state index contributed by atoms with van der Waals surface area (Å²) in [6.07, 6.45) is 3.68. The van der Waals surface area contributed by atoms with Gasteiger partial charge in [-0.15, -0.1) is 11.3 Å². The van der Waals surface area contributed by atoms with Gasteiger partial charge >= 0.3 is 0 Å². The van der Waals surface area contributed by atoms with Crippen LogP contribution in [0.1, 0.15) is 10.6 Å². The lowest BCUT2D eigenvalue weighted by molar-refractivity contribution is 0.174. The first-order valence-electron chi connectivity index (χ1n) is 7.34. The second-order valence-electron chi connectivity index (χ2n) is 5.12. The molecule has 0 unspecified atom stereocenters. The number of fused-ring (bicyclic) bond motifs is 1. The topological polar surface area (TPSA) is 56.3 Å². The number of nitrogens with zero attached hydrogens (tertiary/aromatic N) is 2. The molecular weight excluding hydrogens is 310 g/mol. The van der Waals surface area contributed by atoms with Crippen LogP contribution < -0.4 is 14.8 Å². The molecule has 0 radical (unpaired) electrons. The van der Waals surface area contributed by atoms with E-state index in [2.05, 4.69) is 15.3 Å². The average Bonchev–Trinajstić information content (AvgIpc) is 3.24. The van der Waals surface area contributed by atoms with Crippen LogP contribution >= 0.6 is 11.3 Å². The standard InChI is InChI=1S/C17H15N3O2S/c1-2-6-19-13(3-1)16-9-20-17(23-16)10-18-8-12-4-5-14-15(7-12)22-11-21-14/h1-7,9,18H,8,10-11H2. The van der Waals surface area contributed by atoms with Gasteiger partial charge in [0.1, 0.15) is 5.01 Å². The predicted molar refractivity (Wildman–Crippen MR) is 88.5 cm³/mol. The number of ether oxygens (including phenoxy) is 2. The molecule has 6 heteroatoms. The SMILES string of the molecule is c1ccc(-c2cnc(CNCc3ccc4c(c3)OCO4)s2)nc1. The summed E-state index contributed by atoms with van der Waals surface area (Å²) in [5, 5.41) is 4.45. The average molecular weight is 325 g/mol. The number of hydrogen-bond donors (Lipinski definition) is 1. The molecule has 0 atom stereocenters. The number of hydrogen-bond acceptors (Lipinski definition) is 6. The van der Waals surface area contributed by atoms with Crippen molar-refractivity contribution in [3.05, 3.63) is 59.4 Å². The van der Waals surface area contributed by atoms with Gasteiger partial charge in [-0.1, -0.05) is 12.1 Å². The summed E-state index contributed by atoms with van der Waals surface area (Å²) in [5.74, 6) is 1.63. The molecule has 0 fully saturated rings. The van der Waals surface area contributed by atoms with Crippen LogP contribution in [0.15, 0.2) is 48.8 Å². The quantitative estimate of drug-likeness (QED) is 0.780. The fourth-order valence-corrected chi connectivity index (χ4v) is 3.25. The van der Waals surface area contributed by atoms with E-state index in [0.717, 1.165) is 45.7 Å². The summed E-state index contributed by atoms with van der Waals surface area (Å²) in [5.41, 5.74) is 2.13. The third-order valence-corrected chi connectivity index (χ3v) is 4.53. The van der Waals surface area contributed by atoms with Crippen molar-refractivity contribution >= 4 is 11.3 Å². The van der Waals surface area contributed by atoms with E-state index in [1.165, 1.54) is 0 Å². The van der Waals surface area contributed by atoms with E-state index in [-0.39, 0.29) is 0 Å². The van der Waals surface area contributed by atoms with Crippen molar-refractivity contribution in [2.24, 2.45) is 0 Å². The van der Waals surface area contributed by atoms with Gasteiger partial charge in [-0.3, -0.25) is 4.98 Å². The maximum Gasteiger partial charge on any atom is 0.231 e. The van der Waals surface area contributed by atoms with Gasteiger partial charge in [0.05, 0.1) is 10.6 Å². The van der Waals surface area contributed by atoms with Crippen LogP contribution in [-0.2, 0) is 13.1 Å². The summed E-state index contributed by atoms with van der Waals surface area (Å²) in [6, 6.07) is 11.9. The van der Waals surface area contributed by atoms with Crippen LogP contribution in [0.3, 0.4) is 0 Å². The molecule has 2 aromatic heterocycles. The molecule has 23 heavy (non-hydrogen) atoms.